The van der Waals surface area contributed by atoms with Crippen molar-refractivity contribution in [1.29, 1.82) is 0 Å². The van der Waals surface area contributed by atoms with E-state index in [0.717, 1.165) is 16.4 Å². The lowest BCUT2D eigenvalue weighted by Gasteiger charge is -2.12. The average Bonchev–Trinajstić information content (AvgIpc) is 3.09. The summed E-state index contributed by atoms with van der Waals surface area (Å²) in [5.41, 5.74) is 7.36. The zero-order valence-corrected chi connectivity index (χ0v) is 15.6. The molecule has 3 N–H and O–H groups in total. The highest BCUT2D eigenvalue weighted by molar-refractivity contribution is 6.07. The molecule has 4 rings (SSSR count). The molecule has 0 fully saturated rings. The van der Waals surface area contributed by atoms with Gasteiger partial charge in [-0.3, -0.25) is 9.59 Å². The van der Waals surface area contributed by atoms with Crippen LogP contribution in [0.25, 0.3) is 21.9 Å². The van der Waals surface area contributed by atoms with Crippen LogP contribution in [-0.2, 0) is 4.79 Å². The number of ether oxygens (including phenoxy) is 2. The van der Waals surface area contributed by atoms with E-state index in [1.165, 1.54) is 13.2 Å². The molecule has 7 nitrogen and oxygen atoms in total. The first-order chi connectivity index (χ1) is 14.1. The first-order valence-corrected chi connectivity index (χ1v) is 8.87. The Labute approximate surface area is 166 Å². The maximum atomic E-state index is 12.4. The number of primary amides is 1. The van der Waals surface area contributed by atoms with E-state index < -0.39 is 11.8 Å². The van der Waals surface area contributed by atoms with Crippen LogP contribution in [0.15, 0.2) is 65.1 Å². The summed E-state index contributed by atoms with van der Waals surface area (Å²) in [6.45, 7) is -0.300. The SMILES string of the molecule is COc1cc2c(cc1NC(=O)COc1ccccc1C(N)=O)oc1ccccc12. The minimum atomic E-state index is -0.627. The highest BCUT2D eigenvalue weighted by atomic mass is 16.5. The molecule has 0 bridgehead atoms. The summed E-state index contributed by atoms with van der Waals surface area (Å²) < 4.78 is 16.7. The monoisotopic (exact) mass is 390 g/mol. The third-order valence-corrected chi connectivity index (χ3v) is 4.48. The van der Waals surface area contributed by atoms with Crippen LogP contribution in [0.4, 0.5) is 5.69 Å². The topological polar surface area (TPSA) is 104 Å². The minimum absolute atomic E-state index is 0.210. The second kappa shape index (κ2) is 7.55. The fraction of sp³-hybridized carbons (Fsp3) is 0.0909. The van der Waals surface area contributed by atoms with Gasteiger partial charge in [0.1, 0.15) is 22.7 Å². The van der Waals surface area contributed by atoms with Crippen molar-refractivity contribution in [1.82, 2.24) is 0 Å². The highest BCUT2D eigenvalue weighted by Crippen LogP contribution is 2.36. The van der Waals surface area contributed by atoms with Crippen LogP contribution in [0, 0.1) is 0 Å². The molecule has 1 aromatic heterocycles. The molecule has 3 aromatic carbocycles. The Hall–Kier alpha value is -4.00. The Bertz CT molecular complexity index is 1230. The van der Waals surface area contributed by atoms with Gasteiger partial charge < -0.3 is 24.9 Å². The largest absolute Gasteiger partial charge is 0.495 e. The highest BCUT2D eigenvalue weighted by Gasteiger charge is 2.15. The quantitative estimate of drug-likeness (QED) is 0.522. The summed E-state index contributed by atoms with van der Waals surface area (Å²) in [7, 11) is 1.53. The fourth-order valence-electron chi connectivity index (χ4n) is 3.14. The fourth-order valence-corrected chi connectivity index (χ4v) is 3.14. The maximum Gasteiger partial charge on any atom is 0.262 e. The molecule has 0 atom stereocenters. The third-order valence-electron chi connectivity index (χ3n) is 4.48. The lowest BCUT2D eigenvalue weighted by molar-refractivity contribution is -0.118. The number of nitrogens with one attached hydrogen (secondary N) is 1. The summed E-state index contributed by atoms with van der Waals surface area (Å²) in [5.74, 6) is -0.305. The summed E-state index contributed by atoms with van der Waals surface area (Å²) >= 11 is 0. The number of methoxy groups -OCH3 is 1. The van der Waals surface area contributed by atoms with E-state index in [-0.39, 0.29) is 17.9 Å². The van der Waals surface area contributed by atoms with Crippen molar-refractivity contribution in [2.75, 3.05) is 19.0 Å². The molecule has 0 unspecified atom stereocenters. The molecule has 0 radical (unpaired) electrons. The molecule has 0 spiro atoms. The van der Waals surface area contributed by atoms with Crippen LogP contribution in [-0.4, -0.2) is 25.5 Å². The van der Waals surface area contributed by atoms with Crippen LogP contribution in [0.3, 0.4) is 0 Å². The Morgan fingerprint density at radius 3 is 2.52 bits per heavy atom. The smallest absolute Gasteiger partial charge is 0.262 e. The van der Waals surface area contributed by atoms with Crippen molar-refractivity contribution in [2.24, 2.45) is 5.73 Å². The number of amides is 2. The van der Waals surface area contributed by atoms with Gasteiger partial charge in [0.25, 0.3) is 11.8 Å². The van der Waals surface area contributed by atoms with E-state index in [4.69, 9.17) is 19.6 Å². The number of nitrogens with two attached hydrogens (primary N) is 1. The lowest BCUT2D eigenvalue weighted by Crippen LogP contribution is -2.22. The van der Waals surface area contributed by atoms with E-state index >= 15 is 0 Å². The van der Waals surface area contributed by atoms with Crippen molar-refractivity contribution >= 4 is 39.4 Å². The summed E-state index contributed by atoms with van der Waals surface area (Å²) in [4.78, 5) is 23.9. The Morgan fingerprint density at radius 2 is 1.72 bits per heavy atom. The van der Waals surface area contributed by atoms with Crippen LogP contribution < -0.4 is 20.5 Å². The van der Waals surface area contributed by atoms with Crippen molar-refractivity contribution < 1.29 is 23.5 Å². The number of carbonyl (C=O) groups is 2. The molecule has 0 saturated carbocycles. The van der Waals surface area contributed by atoms with E-state index in [2.05, 4.69) is 5.32 Å². The zero-order chi connectivity index (χ0) is 20.4. The van der Waals surface area contributed by atoms with E-state index in [0.29, 0.717) is 17.0 Å². The molecule has 0 saturated heterocycles. The van der Waals surface area contributed by atoms with Gasteiger partial charge in [0.15, 0.2) is 6.61 Å². The second-order valence-electron chi connectivity index (χ2n) is 6.34. The van der Waals surface area contributed by atoms with E-state index in [1.807, 2.05) is 30.3 Å². The van der Waals surface area contributed by atoms with E-state index in [9.17, 15) is 9.59 Å². The van der Waals surface area contributed by atoms with Crippen molar-refractivity contribution in [2.45, 2.75) is 0 Å². The molecular formula is C22H18N2O5. The Balaban J connectivity index is 1.56. The molecular weight excluding hydrogens is 372 g/mol. The van der Waals surface area contributed by atoms with Gasteiger partial charge in [-0.2, -0.15) is 0 Å². The number of anilines is 1. The predicted molar refractivity (Wildman–Crippen MR) is 109 cm³/mol. The van der Waals surface area contributed by atoms with Gasteiger partial charge in [-0.05, 0) is 24.3 Å². The van der Waals surface area contributed by atoms with Crippen LogP contribution >= 0.6 is 0 Å². The number of furan rings is 1. The predicted octanol–water partition coefficient (Wildman–Crippen LogP) is 3.71. The Kier molecular flexibility index (Phi) is 4.78. The Morgan fingerprint density at radius 1 is 0.966 bits per heavy atom. The van der Waals surface area contributed by atoms with Gasteiger partial charge in [0.2, 0.25) is 0 Å². The molecule has 0 aliphatic heterocycles. The van der Waals surface area contributed by atoms with Gasteiger partial charge in [-0.1, -0.05) is 30.3 Å². The first-order valence-electron chi connectivity index (χ1n) is 8.87. The summed E-state index contributed by atoms with van der Waals surface area (Å²) in [5, 5.41) is 4.61. The first kappa shape index (κ1) is 18.4. The number of carbonyl (C=O) groups excluding carboxylic acids is 2. The molecule has 146 valence electrons. The van der Waals surface area contributed by atoms with Crippen LogP contribution in [0.1, 0.15) is 10.4 Å². The standard InChI is InChI=1S/C22H18N2O5/c1-27-20-10-15-13-6-2-5-9-18(13)29-19(15)11-16(20)24-21(25)12-28-17-8-4-3-7-14(17)22(23)26/h2-11H,12H2,1H3,(H2,23,26)(H,24,25). The van der Waals surface area contributed by atoms with Gasteiger partial charge in [-0.15, -0.1) is 0 Å². The number of hydrogen-bond donors (Lipinski definition) is 2. The molecule has 0 aliphatic rings. The molecule has 7 heteroatoms. The van der Waals surface area contributed by atoms with Gasteiger partial charge in [0, 0.05) is 16.8 Å². The third kappa shape index (κ3) is 3.58. The molecule has 29 heavy (non-hydrogen) atoms. The molecule has 4 aromatic rings. The number of para-hydroxylation sites is 2. The lowest BCUT2D eigenvalue weighted by atomic mass is 10.1. The molecule has 0 aliphatic carbocycles. The van der Waals surface area contributed by atoms with Gasteiger partial charge >= 0.3 is 0 Å². The second-order valence-corrected chi connectivity index (χ2v) is 6.34. The van der Waals surface area contributed by atoms with Crippen molar-refractivity contribution in [3.8, 4) is 11.5 Å². The van der Waals surface area contributed by atoms with Gasteiger partial charge in [-0.25, -0.2) is 0 Å². The number of hydrogen-bond acceptors (Lipinski definition) is 5. The van der Waals surface area contributed by atoms with Gasteiger partial charge in [0.05, 0.1) is 18.4 Å². The molecule has 2 amide bonds. The summed E-state index contributed by atoms with van der Waals surface area (Å²) in [6, 6.07) is 17.7. The number of rotatable bonds is 6. The van der Waals surface area contributed by atoms with Crippen LogP contribution in [0.2, 0.25) is 0 Å². The summed E-state index contributed by atoms with van der Waals surface area (Å²) in [6.07, 6.45) is 0. The normalized spacial score (nSPS) is 10.8. The number of fused-ring (bicyclic) bond motifs is 3. The average molecular weight is 390 g/mol. The van der Waals surface area contributed by atoms with Crippen molar-refractivity contribution in [3.63, 3.8) is 0 Å². The maximum absolute atomic E-state index is 12.4. The van der Waals surface area contributed by atoms with E-state index in [1.54, 1.807) is 24.3 Å². The minimum Gasteiger partial charge on any atom is -0.495 e. The number of benzene rings is 3. The zero-order valence-electron chi connectivity index (χ0n) is 15.6. The molecule has 1 heterocycles. The van der Waals surface area contributed by atoms with Crippen molar-refractivity contribution in [3.05, 3.63) is 66.2 Å². The van der Waals surface area contributed by atoms with Crippen LogP contribution in [0.5, 0.6) is 11.5 Å².